The molecule has 0 aromatic rings. The number of hydrogen-bond acceptors (Lipinski definition) is 5. The van der Waals surface area contributed by atoms with Gasteiger partial charge in [0.2, 0.25) is 5.91 Å². The van der Waals surface area contributed by atoms with Gasteiger partial charge in [0.1, 0.15) is 0 Å². The molecule has 0 bridgehead atoms. The zero-order valence-electron chi connectivity index (χ0n) is 14.6. The second-order valence-electron chi connectivity index (χ2n) is 5.60. The van der Waals surface area contributed by atoms with Gasteiger partial charge in [-0.3, -0.25) is 4.79 Å². The van der Waals surface area contributed by atoms with Crippen LogP contribution in [0.3, 0.4) is 0 Å². The maximum absolute atomic E-state index is 12.3. The average Bonchev–Trinajstić information content (AvgIpc) is 2.48. The number of carboxylic acids is 1. The molecule has 1 amide bonds. The summed E-state index contributed by atoms with van der Waals surface area (Å²) in [5.41, 5.74) is 0. The molecule has 23 heavy (non-hydrogen) atoms. The fraction of sp³-hybridized carbons (Fsp3) is 0.875. The van der Waals surface area contributed by atoms with Gasteiger partial charge < -0.3 is 25.0 Å². The molecule has 0 aromatic carbocycles. The summed E-state index contributed by atoms with van der Waals surface area (Å²) in [6, 6.07) is 0. The molecule has 0 aromatic heterocycles. The molecule has 0 rings (SSSR count). The summed E-state index contributed by atoms with van der Waals surface area (Å²) in [5, 5.41) is 28.8. The summed E-state index contributed by atoms with van der Waals surface area (Å²) in [6.07, 6.45) is 6.61. The molecule has 0 spiro atoms. The Morgan fingerprint density at radius 1 is 1.00 bits per heavy atom. The van der Waals surface area contributed by atoms with Gasteiger partial charge in [-0.05, 0) is 12.8 Å². The minimum atomic E-state index is -1.24. The minimum Gasteiger partial charge on any atom is -0.550 e. The number of unbranched alkanes of at least 4 members (excludes halogenated alkanes) is 5. The van der Waals surface area contributed by atoms with Crippen LogP contribution in [0.4, 0.5) is 0 Å². The largest absolute Gasteiger partial charge is 1.00 e. The number of aliphatic carboxylic acids is 1. The number of carboxylic acid groups (broad SMARTS) is 1. The van der Waals surface area contributed by atoms with Crippen LogP contribution >= 0.6 is 0 Å². The topological polar surface area (TPSA) is 101 Å². The van der Waals surface area contributed by atoms with Gasteiger partial charge in [0.15, 0.2) is 0 Å². The SMILES string of the molecule is CCCCCCCCC(CC(=O)[O-])C(=O)N(CCO)CCO.[K+]. The Kier molecular flexibility index (Phi) is 19.4. The van der Waals surface area contributed by atoms with Gasteiger partial charge in [-0.1, -0.05) is 45.4 Å². The van der Waals surface area contributed by atoms with E-state index in [-0.39, 0.29) is 90.0 Å². The van der Waals surface area contributed by atoms with Crippen molar-refractivity contribution >= 4 is 11.9 Å². The van der Waals surface area contributed by atoms with Crippen LogP contribution < -0.4 is 56.5 Å². The molecule has 2 N–H and O–H groups in total. The summed E-state index contributed by atoms with van der Waals surface area (Å²) in [6.45, 7) is 1.95. The van der Waals surface area contributed by atoms with E-state index in [1.165, 1.54) is 17.7 Å². The van der Waals surface area contributed by atoms with Crippen LogP contribution in [0.25, 0.3) is 0 Å². The van der Waals surface area contributed by atoms with E-state index >= 15 is 0 Å². The predicted octanol–water partition coefficient (Wildman–Crippen LogP) is -2.69. The van der Waals surface area contributed by atoms with Crippen LogP contribution in [0.2, 0.25) is 0 Å². The standard InChI is InChI=1S/C16H31NO5.K/c1-2-3-4-5-6-7-8-14(13-15(20)21)16(22)17(9-11-18)10-12-19;/h14,18-19H,2-13H2,1H3,(H,20,21);/q;+1/p-1. The number of aliphatic hydroxyl groups is 2. The van der Waals surface area contributed by atoms with Crippen molar-refractivity contribution in [3.05, 3.63) is 0 Å². The molecule has 0 aliphatic carbocycles. The van der Waals surface area contributed by atoms with Crippen LogP contribution in [0.1, 0.15) is 58.3 Å². The molecule has 0 fully saturated rings. The Morgan fingerprint density at radius 2 is 1.52 bits per heavy atom. The van der Waals surface area contributed by atoms with Gasteiger partial charge >= 0.3 is 51.4 Å². The second kappa shape index (κ2) is 17.3. The number of amides is 1. The Balaban J connectivity index is 0. The Morgan fingerprint density at radius 3 is 2.00 bits per heavy atom. The summed E-state index contributed by atoms with van der Waals surface area (Å²) >= 11 is 0. The number of aliphatic hydroxyl groups excluding tert-OH is 2. The zero-order valence-corrected chi connectivity index (χ0v) is 17.8. The normalized spacial score (nSPS) is 11.6. The smallest absolute Gasteiger partial charge is 0.550 e. The number of nitrogens with zero attached hydrogens (tertiary/aromatic N) is 1. The molecule has 0 saturated heterocycles. The molecule has 0 aliphatic heterocycles. The van der Waals surface area contributed by atoms with Crippen molar-refractivity contribution in [3.8, 4) is 0 Å². The fourth-order valence-corrected chi connectivity index (χ4v) is 2.52. The third kappa shape index (κ3) is 13.5. The van der Waals surface area contributed by atoms with Crippen molar-refractivity contribution in [1.82, 2.24) is 4.90 Å². The number of rotatable bonds is 14. The molecule has 6 nitrogen and oxygen atoms in total. The number of carbonyl (C=O) groups is 2. The van der Waals surface area contributed by atoms with Crippen LogP contribution in [0.5, 0.6) is 0 Å². The molecule has 0 aliphatic rings. The van der Waals surface area contributed by atoms with Gasteiger partial charge in [0, 0.05) is 25.0 Å². The van der Waals surface area contributed by atoms with Crippen LogP contribution in [0.15, 0.2) is 0 Å². The molecular formula is C16H30KNO5. The minimum absolute atomic E-state index is 0. The average molecular weight is 356 g/mol. The molecule has 1 unspecified atom stereocenters. The van der Waals surface area contributed by atoms with E-state index in [1.807, 2.05) is 0 Å². The first-order chi connectivity index (χ1) is 10.6. The number of hydrogen-bond donors (Lipinski definition) is 2. The molecule has 7 heteroatoms. The van der Waals surface area contributed by atoms with E-state index in [0.717, 1.165) is 25.7 Å². The van der Waals surface area contributed by atoms with E-state index in [9.17, 15) is 14.7 Å². The first kappa shape index (κ1) is 25.7. The predicted molar refractivity (Wildman–Crippen MR) is 81.9 cm³/mol. The van der Waals surface area contributed by atoms with Gasteiger partial charge in [-0.25, -0.2) is 0 Å². The third-order valence-electron chi connectivity index (χ3n) is 3.72. The zero-order chi connectivity index (χ0) is 16.8. The Bertz CT molecular complexity index is 309. The first-order valence-corrected chi connectivity index (χ1v) is 8.27. The summed E-state index contributed by atoms with van der Waals surface area (Å²) in [4.78, 5) is 24.5. The van der Waals surface area contributed by atoms with Crippen LogP contribution in [-0.4, -0.2) is 53.3 Å². The first-order valence-electron chi connectivity index (χ1n) is 8.27. The molecule has 0 saturated carbocycles. The van der Waals surface area contributed by atoms with E-state index in [1.54, 1.807) is 0 Å². The fourth-order valence-electron chi connectivity index (χ4n) is 2.52. The molecular weight excluding hydrogens is 325 g/mol. The Hall–Kier alpha value is 0.496. The summed E-state index contributed by atoms with van der Waals surface area (Å²) in [7, 11) is 0. The van der Waals surface area contributed by atoms with Crippen molar-refractivity contribution < 1.29 is 76.3 Å². The molecule has 130 valence electrons. The van der Waals surface area contributed by atoms with Crippen molar-refractivity contribution in [2.24, 2.45) is 5.92 Å². The third-order valence-corrected chi connectivity index (χ3v) is 3.72. The van der Waals surface area contributed by atoms with E-state index in [2.05, 4.69) is 6.92 Å². The molecule has 0 heterocycles. The summed E-state index contributed by atoms with van der Waals surface area (Å²) in [5.74, 6) is -2.19. The van der Waals surface area contributed by atoms with E-state index in [0.29, 0.717) is 6.42 Å². The maximum atomic E-state index is 12.3. The van der Waals surface area contributed by atoms with Gasteiger partial charge in [0.25, 0.3) is 0 Å². The van der Waals surface area contributed by atoms with Crippen molar-refractivity contribution in [3.63, 3.8) is 0 Å². The van der Waals surface area contributed by atoms with Crippen molar-refractivity contribution in [1.29, 1.82) is 0 Å². The molecule has 0 radical (unpaired) electrons. The van der Waals surface area contributed by atoms with Crippen molar-refractivity contribution in [2.45, 2.75) is 58.3 Å². The van der Waals surface area contributed by atoms with Gasteiger partial charge in [-0.15, -0.1) is 0 Å². The molecule has 1 atom stereocenters. The van der Waals surface area contributed by atoms with E-state index in [4.69, 9.17) is 10.2 Å². The number of carbonyl (C=O) groups excluding carboxylic acids is 2. The second-order valence-corrected chi connectivity index (χ2v) is 5.60. The van der Waals surface area contributed by atoms with Gasteiger partial charge in [0.05, 0.1) is 13.2 Å². The monoisotopic (exact) mass is 355 g/mol. The Labute approximate surface area is 182 Å². The van der Waals surface area contributed by atoms with Crippen LogP contribution in [0, 0.1) is 5.92 Å². The maximum Gasteiger partial charge on any atom is 1.00 e. The quantitative estimate of drug-likeness (QED) is 0.261. The van der Waals surface area contributed by atoms with Crippen LogP contribution in [-0.2, 0) is 9.59 Å². The van der Waals surface area contributed by atoms with Crippen molar-refractivity contribution in [2.75, 3.05) is 26.3 Å². The van der Waals surface area contributed by atoms with Gasteiger partial charge in [-0.2, -0.15) is 0 Å². The summed E-state index contributed by atoms with van der Waals surface area (Å²) < 4.78 is 0. The van der Waals surface area contributed by atoms with E-state index < -0.39 is 11.9 Å².